The van der Waals surface area contributed by atoms with Crippen molar-refractivity contribution in [2.45, 2.75) is 20.0 Å². The summed E-state index contributed by atoms with van der Waals surface area (Å²) in [7, 11) is 1.73. The number of halogens is 1. The number of rotatable bonds is 3. The van der Waals surface area contributed by atoms with Gasteiger partial charge in [0.25, 0.3) is 0 Å². The lowest BCUT2D eigenvalue weighted by atomic mass is 10.0. The van der Waals surface area contributed by atoms with E-state index in [0.29, 0.717) is 17.7 Å². The average Bonchev–Trinajstić information content (AvgIpc) is 2.11. The molecule has 78 valence electrons. The minimum atomic E-state index is -0.779. The summed E-state index contributed by atoms with van der Waals surface area (Å²) >= 11 is 0. The van der Waals surface area contributed by atoms with Gasteiger partial charge in [-0.2, -0.15) is 0 Å². The fraction of sp³-hybridized carbons (Fsp3) is 0.455. The van der Waals surface area contributed by atoms with Crippen LogP contribution in [-0.2, 0) is 0 Å². The van der Waals surface area contributed by atoms with Crippen LogP contribution in [0.4, 0.5) is 4.39 Å². The molecular weight excluding hydrogens is 181 g/mol. The smallest absolute Gasteiger partial charge is 0.131 e. The van der Waals surface area contributed by atoms with E-state index in [0.717, 1.165) is 5.56 Å². The van der Waals surface area contributed by atoms with E-state index in [2.05, 4.69) is 5.32 Å². The number of nitrogens with one attached hydrogen (secondary N) is 1. The van der Waals surface area contributed by atoms with Crippen LogP contribution in [0.3, 0.4) is 0 Å². The first-order valence-corrected chi connectivity index (χ1v) is 4.65. The molecule has 0 fully saturated rings. The van der Waals surface area contributed by atoms with Gasteiger partial charge in [-0.3, -0.25) is 0 Å². The van der Waals surface area contributed by atoms with Crippen LogP contribution < -0.4 is 5.32 Å². The van der Waals surface area contributed by atoms with Crippen LogP contribution >= 0.6 is 0 Å². The Labute approximate surface area is 83.8 Å². The maximum absolute atomic E-state index is 13.6. The Morgan fingerprint density at radius 1 is 1.43 bits per heavy atom. The second-order valence-corrected chi connectivity index (χ2v) is 3.56. The van der Waals surface area contributed by atoms with Crippen molar-refractivity contribution >= 4 is 0 Å². The Morgan fingerprint density at radius 3 is 2.64 bits per heavy atom. The zero-order valence-corrected chi connectivity index (χ0v) is 8.76. The molecule has 2 nitrogen and oxygen atoms in total. The molecular formula is C11H16FNO. The molecule has 1 atom stereocenters. The minimum absolute atomic E-state index is 0.307. The van der Waals surface area contributed by atoms with E-state index >= 15 is 0 Å². The normalized spacial score (nSPS) is 12.9. The Kier molecular flexibility index (Phi) is 3.61. The molecule has 0 amide bonds. The van der Waals surface area contributed by atoms with Gasteiger partial charge in [-0.25, -0.2) is 4.39 Å². The van der Waals surface area contributed by atoms with Gasteiger partial charge in [0, 0.05) is 12.1 Å². The van der Waals surface area contributed by atoms with E-state index < -0.39 is 6.10 Å². The Hall–Kier alpha value is -0.930. The van der Waals surface area contributed by atoms with Crippen molar-refractivity contribution < 1.29 is 9.50 Å². The van der Waals surface area contributed by atoms with Crippen molar-refractivity contribution in [1.29, 1.82) is 0 Å². The number of benzene rings is 1. The zero-order valence-electron chi connectivity index (χ0n) is 8.76. The van der Waals surface area contributed by atoms with E-state index in [4.69, 9.17) is 0 Å². The molecule has 1 aromatic carbocycles. The van der Waals surface area contributed by atoms with Gasteiger partial charge in [0.05, 0.1) is 6.10 Å². The van der Waals surface area contributed by atoms with Crippen LogP contribution in [0.5, 0.6) is 0 Å². The van der Waals surface area contributed by atoms with Gasteiger partial charge in [-0.15, -0.1) is 0 Å². The number of aliphatic hydroxyl groups excluding tert-OH is 1. The molecule has 14 heavy (non-hydrogen) atoms. The number of likely N-dealkylation sites (N-methyl/N-ethyl adjacent to an activating group) is 1. The molecule has 0 saturated heterocycles. The lowest BCUT2D eigenvalue weighted by Gasteiger charge is -2.13. The second-order valence-electron chi connectivity index (χ2n) is 3.56. The maximum atomic E-state index is 13.6. The highest BCUT2D eigenvalue weighted by Crippen LogP contribution is 2.21. The van der Waals surface area contributed by atoms with Gasteiger partial charge < -0.3 is 10.4 Å². The van der Waals surface area contributed by atoms with Gasteiger partial charge in [0.1, 0.15) is 5.82 Å². The van der Waals surface area contributed by atoms with Gasteiger partial charge in [-0.1, -0.05) is 17.7 Å². The lowest BCUT2D eigenvalue weighted by molar-refractivity contribution is 0.173. The van der Waals surface area contributed by atoms with Gasteiger partial charge in [0.2, 0.25) is 0 Å². The van der Waals surface area contributed by atoms with Gasteiger partial charge in [-0.05, 0) is 26.5 Å². The first-order valence-electron chi connectivity index (χ1n) is 4.65. The molecule has 1 aromatic rings. The van der Waals surface area contributed by atoms with Gasteiger partial charge in [0.15, 0.2) is 0 Å². The summed E-state index contributed by atoms with van der Waals surface area (Å²) in [6.07, 6.45) is -0.779. The third kappa shape index (κ3) is 2.30. The highest BCUT2D eigenvalue weighted by Gasteiger charge is 2.13. The fourth-order valence-corrected chi connectivity index (χ4v) is 1.53. The van der Waals surface area contributed by atoms with Crippen LogP contribution in [0.1, 0.15) is 22.8 Å². The topological polar surface area (TPSA) is 32.3 Å². The van der Waals surface area contributed by atoms with Crippen LogP contribution in [0.2, 0.25) is 0 Å². The molecule has 0 aliphatic carbocycles. The third-order valence-electron chi connectivity index (χ3n) is 2.18. The molecule has 0 aliphatic heterocycles. The summed E-state index contributed by atoms with van der Waals surface area (Å²) in [5, 5.41) is 12.5. The Bertz CT molecular complexity index is 325. The van der Waals surface area contributed by atoms with Crippen molar-refractivity contribution in [3.8, 4) is 0 Å². The summed E-state index contributed by atoms with van der Waals surface area (Å²) in [5.74, 6) is -0.307. The molecule has 0 aromatic heterocycles. The molecule has 2 N–H and O–H groups in total. The average molecular weight is 197 g/mol. The molecule has 0 spiro atoms. The van der Waals surface area contributed by atoms with Crippen molar-refractivity contribution in [3.63, 3.8) is 0 Å². The molecule has 3 heteroatoms. The molecule has 0 heterocycles. The summed E-state index contributed by atoms with van der Waals surface area (Å²) in [4.78, 5) is 0. The second kappa shape index (κ2) is 4.53. The molecule has 0 radical (unpaired) electrons. The van der Waals surface area contributed by atoms with E-state index in [9.17, 15) is 9.50 Å². The van der Waals surface area contributed by atoms with E-state index in [1.165, 1.54) is 0 Å². The molecule has 1 rings (SSSR count). The monoisotopic (exact) mass is 197 g/mol. The predicted octanol–water partition coefficient (Wildman–Crippen LogP) is 1.70. The number of aliphatic hydroxyl groups is 1. The molecule has 0 saturated carbocycles. The van der Waals surface area contributed by atoms with Crippen molar-refractivity contribution in [1.82, 2.24) is 5.32 Å². The van der Waals surface area contributed by atoms with Crippen LogP contribution in [-0.4, -0.2) is 18.7 Å². The van der Waals surface area contributed by atoms with Crippen molar-refractivity contribution in [3.05, 3.63) is 34.6 Å². The van der Waals surface area contributed by atoms with E-state index in [-0.39, 0.29) is 5.82 Å². The van der Waals surface area contributed by atoms with Crippen LogP contribution in [0.15, 0.2) is 12.1 Å². The number of aryl methyl sites for hydroxylation is 2. The summed E-state index contributed by atoms with van der Waals surface area (Å²) in [6, 6.07) is 3.45. The Morgan fingerprint density at radius 2 is 2.07 bits per heavy atom. The summed E-state index contributed by atoms with van der Waals surface area (Å²) in [5.41, 5.74) is 1.92. The highest BCUT2D eigenvalue weighted by atomic mass is 19.1. The fourth-order valence-electron chi connectivity index (χ4n) is 1.53. The lowest BCUT2D eigenvalue weighted by Crippen LogP contribution is -2.18. The largest absolute Gasteiger partial charge is 0.387 e. The SMILES string of the molecule is CNCC(O)c1cc(C)cc(C)c1F. The van der Waals surface area contributed by atoms with E-state index in [1.54, 1.807) is 26.1 Å². The molecule has 0 aliphatic rings. The predicted molar refractivity (Wildman–Crippen MR) is 54.8 cm³/mol. The summed E-state index contributed by atoms with van der Waals surface area (Å²) < 4.78 is 13.6. The number of hydrogen-bond acceptors (Lipinski definition) is 2. The number of hydrogen-bond donors (Lipinski definition) is 2. The molecule has 0 bridgehead atoms. The summed E-state index contributed by atoms with van der Waals surface area (Å²) in [6.45, 7) is 3.96. The standard InChI is InChI=1S/C11H16FNO/c1-7-4-8(2)11(12)9(5-7)10(14)6-13-3/h4-5,10,13-14H,6H2,1-3H3. The highest BCUT2D eigenvalue weighted by molar-refractivity contribution is 5.32. The zero-order chi connectivity index (χ0) is 10.7. The van der Waals surface area contributed by atoms with E-state index in [1.807, 2.05) is 6.92 Å². The maximum Gasteiger partial charge on any atom is 0.131 e. The third-order valence-corrected chi connectivity index (χ3v) is 2.18. The minimum Gasteiger partial charge on any atom is -0.387 e. The Balaban J connectivity index is 3.07. The molecule has 1 unspecified atom stereocenters. The first-order chi connectivity index (χ1) is 6.56. The first kappa shape index (κ1) is 11.1. The van der Waals surface area contributed by atoms with Crippen LogP contribution in [0.25, 0.3) is 0 Å². The van der Waals surface area contributed by atoms with Crippen molar-refractivity contribution in [2.75, 3.05) is 13.6 Å². The van der Waals surface area contributed by atoms with Crippen molar-refractivity contribution in [2.24, 2.45) is 0 Å². The quantitative estimate of drug-likeness (QED) is 0.773. The van der Waals surface area contributed by atoms with Gasteiger partial charge >= 0.3 is 0 Å². The van der Waals surface area contributed by atoms with Crippen LogP contribution in [0, 0.1) is 19.7 Å².